The summed E-state index contributed by atoms with van der Waals surface area (Å²) < 4.78 is 14.4. The number of hydrogen-bond acceptors (Lipinski definition) is 1. The number of halogens is 3. The highest BCUT2D eigenvalue weighted by atomic mass is 79.9. The fourth-order valence-electron chi connectivity index (χ4n) is 2.19. The van der Waals surface area contributed by atoms with Crippen molar-refractivity contribution in [3.05, 3.63) is 68.4 Å². The molecule has 2 rings (SSSR count). The molecule has 0 aliphatic heterocycles. The Hall–Kier alpha value is -0.900. The zero-order valence-corrected chi connectivity index (χ0v) is 13.7. The molecule has 0 saturated carbocycles. The van der Waals surface area contributed by atoms with Gasteiger partial charge in [-0.15, -0.1) is 0 Å². The van der Waals surface area contributed by atoms with E-state index in [1.807, 2.05) is 37.3 Å². The standard InChI is InChI=1S/C16H16BrClFN/c1-3-20-16(11-4-7-15(19)10(2)8-11)13-9-12(18)5-6-14(13)17/h4-9,16,20H,3H2,1-2H3. The van der Waals surface area contributed by atoms with Gasteiger partial charge in [-0.3, -0.25) is 0 Å². The van der Waals surface area contributed by atoms with Crippen LogP contribution in [0.2, 0.25) is 5.02 Å². The molecule has 1 unspecified atom stereocenters. The maximum Gasteiger partial charge on any atom is 0.126 e. The van der Waals surface area contributed by atoms with Crippen molar-refractivity contribution in [2.24, 2.45) is 0 Å². The molecule has 0 aliphatic carbocycles. The molecule has 0 aromatic heterocycles. The van der Waals surface area contributed by atoms with Gasteiger partial charge in [0.05, 0.1) is 6.04 Å². The Balaban J connectivity index is 2.49. The van der Waals surface area contributed by atoms with Gasteiger partial charge in [0, 0.05) is 9.50 Å². The van der Waals surface area contributed by atoms with Gasteiger partial charge >= 0.3 is 0 Å². The van der Waals surface area contributed by atoms with Crippen LogP contribution in [-0.2, 0) is 0 Å². The lowest BCUT2D eigenvalue weighted by Gasteiger charge is -2.21. The molecule has 0 spiro atoms. The monoisotopic (exact) mass is 355 g/mol. The summed E-state index contributed by atoms with van der Waals surface area (Å²) in [6.45, 7) is 4.62. The molecular weight excluding hydrogens is 341 g/mol. The second-order valence-corrected chi connectivity index (χ2v) is 5.96. The number of aryl methyl sites for hydroxylation is 1. The summed E-state index contributed by atoms with van der Waals surface area (Å²) in [5.41, 5.74) is 2.71. The van der Waals surface area contributed by atoms with E-state index in [0.29, 0.717) is 10.6 Å². The van der Waals surface area contributed by atoms with Crippen molar-refractivity contribution in [1.82, 2.24) is 5.32 Å². The van der Waals surface area contributed by atoms with Gasteiger partial charge in [-0.2, -0.15) is 0 Å². The van der Waals surface area contributed by atoms with Gasteiger partial charge in [0.15, 0.2) is 0 Å². The Labute approximate surface area is 132 Å². The smallest absolute Gasteiger partial charge is 0.126 e. The number of nitrogens with one attached hydrogen (secondary N) is 1. The average Bonchev–Trinajstić information content (AvgIpc) is 2.42. The van der Waals surface area contributed by atoms with Crippen LogP contribution in [0.3, 0.4) is 0 Å². The Bertz CT molecular complexity index is 615. The second kappa shape index (κ2) is 6.70. The molecule has 2 aromatic rings. The van der Waals surface area contributed by atoms with Crippen LogP contribution in [0.15, 0.2) is 40.9 Å². The third kappa shape index (κ3) is 3.40. The van der Waals surface area contributed by atoms with Crippen LogP contribution in [0.5, 0.6) is 0 Å². The Morgan fingerprint density at radius 2 is 2.00 bits per heavy atom. The van der Waals surface area contributed by atoms with E-state index in [0.717, 1.165) is 22.1 Å². The van der Waals surface area contributed by atoms with Crippen LogP contribution in [0, 0.1) is 12.7 Å². The number of benzene rings is 2. The first kappa shape index (κ1) is 15.5. The van der Waals surface area contributed by atoms with Gasteiger partial charge in [0.1, 0.15) is 5.82 Å². The third-order valence-corrected chi connectivity index (χ3v) is 4.15. The Morgan fingerprint density at radius 3 is 2.65 bits per heavy atom. The molecule has 0 bridgehead atoms. The van der Waals surface area contributed by atoms with Crippen LogP contribution >= 0.6 is 27.5 Å². The summed E-state index contributed by atoms with van der Waals surface area (Å²) in [6.07, 6.45) is 0. The molecule has 0 heterocycles. The molecule has 1 atom stereocenters. The molecule has 0 fully saturated rings. The minimum Gasteiger partial charge on any atom is -0.306 e. The lowest BCUT2D eigenvalue weighted by atomic mass is 9.97. The van der Waals surface area contributed by atoms with Crippen LogP contribution in [-0.4, -0.2) is 6.54 Å². The molecular formula is C16H16BrClFN. The van der Waals surface area contributed by atoms with Crippen molar-refractivity contribution in [3.63, 3.8) is 0 Å². The third-order valence-electron chi connectivity index (χ3n) is 3.19. The van der Waals surface area contributed by atoms with Crippen molar-refractivity contribution in [2.75, 3.05) is 6.54 Å². The topological polar surface area (TPSA) is 12.0 Å². The lowest BCUT2D eigenvalue weighted by molar-refractivity contribution is 0.605. The molecule has 0 aliphatic rings. The summed E-state index contributed by atoms with van der Waals surface area (Å²) in [5, 5.41) is 4.10. The van der Waals surface area contributed by atoms with E-state index in [1.165, 1.54) is 6.07 Å². The predicted octanol–water partition coefficient (Wildman–Crippen LogP) is 5.25. The summed E-state index contributed by atoms with van der Waals surface area (Å²) >= 11 is 9.66. The molecule has 0 radical (unpaired) electrons. The molecule has 1 nitrogen and oxygen atoms in total. The minimum atomic E-state index is -0.186. The van der Waals surface area contributed by atoms with Crippen molar-refractivity contribution < 1.29 is 4.39 Å². The van der Waals surface area contributed by atoms with Crippen LogP contribution < -0.4 is 5.32 Å². The van der Waals surface area contributed by atoms with E-state index in [-0.39, 0.29) is 11.9 Å². The van der Waals surface area contributed by atoms with E-state index >= 15 is 0 Å². The second-order valence-electron chi connectivity index (χ2n) is 4.67. The summed E-state index contributed by atoms with van der Waals surface area (Å²) in [5.74, 6) is -0.186. The first-order valence-electron chi connectivity index (χ1n) is 6.47. The van der Waals surface area contributed by atoms with Crippen LogP contribution in [0.25, 0.3) is 0 Å². The molecule has 0 saturated heterocycles. The van der Waals surface area contributed by atoms with E-state index in [4.69, 9.17) is 11.6 Å². The van der Waals surface area contributed by atoms with Crippen molar-refractivity contribution >= 4 is 27.5 Å². The zero-order valence-electron chi connectivity index (χ0n) is 11.4. The maximum atomic E-state index is 13.4. The quantitative estimate of drug-likeness (QED) is 0.789. The fourth-order valence-corrected chi connectivity index (χ4v) is 2.85. The molecule has 106 valence electrons. The zero-order chi connectivity index (χ0) is 14.7. The van der Waals surface area contributed by atoms with Crippen molar-refractivity contribution in [3.8, 4) is 0 Å². The highest BCUT2D eigenvalue weighted by Crippen LogP contribution is 2.31. The van der Waals surface area contributed by atoms with E-state index in [2.05, 4.69) is 21.2 Å². The van der Waals surface area contributed by atoms with Gasteiger partial charge in [-0.05, 0) is 54.4 Å². The van der Waals surface area contributed by atoms with Gasteiger partial charge < -0.3 is 5.32 Å². The number of hydrogen-bond donors (Lipinski definition) is 1. The van der Waals surface area contributed by atoms with Gasteiger partial charge in [0.2, 0.25) is 0 Å². The molecule has 20 heavy (non-hydrogen) atoms. The first-order chi connectivity index (χ1) is 9.52. The SMILES string of the molecule is CCNC(c1ccc(F)c(C)c1)c1cc(Cl)ccc1Br. The maximum absolute atomic E-state index is 13.4. The van der Waals surface area contributed by atoms with Crippen molar-refractivity contribution in [1.29, 1.82) is 0 Å². The average molecular weight is 357 g/mol. The van der Waals surface area contributed by atoms with E-state index < -0.39 is 0 Å². The Kier molecular flexibility index (Phi) is 5.19. The normalized spacial score (nSPS) is 12.4. The largest absolute Gasteiger partial charge is 0.306 e. The predicted molar refractivity (Wildman–Crippen MR) is 85.8 cm³/mol. The number of rotatable bonds is 4. The molecule has 0 amide bonds. The lowest BCUT2D eigenvalue weighted by Crippen LogP contribution is -2.22. The minimum absolute atomic E-state index is 0.0209. The van der Waals surface area contributed by atoms with Gasteiger partial charge in [0.25, 0.3) is 0 Å². The van der Waals surface area contributed by atoms with Crippen LogP contribution in [0.1, 0.15) is 29.7 Å². The fraction of sp³-hybridized carbons (Fsp3) is 0.250. The van der Waals surface area contributed by atoms with E-state index in [9.17, 15) is 4.39 Å². The van der Waals surface area contributed by atoms with Crippen LogP contribution in [0.4, 0.5) is 4.39 Å². The molecule has 1 N–H and O–H groups in total. The molecule has 4 heteroatoms. The van der Waals surface area contributed by atoms with Gasteiger partial charge in [-0.25, -0.2) is 4.39 Å². The summed E-state index contributed by atoms with van der Waals surface area (Å²) in [4.78, 5) is 0. The highest BCUT2D eigenvalue weighted by Gasteiger charge is 2.17. The summed E-state index contributed by atoms with van der Waals surface area (Å²) in [6, 6.07) is 10.9. The first-order valence-corrected chi connectivity index (χ1v) is 7.64. The summed E-state index contributed by atoms with van der Waals surface area (Å²) in [7, 11) is 0. The molecule has 2 aromatic carbocycles. The van der Waals surface area contributed by atoms with E-state index in [1.54, 1.807) is 6.92 Å². The highest BCUT2D eigenvalue weighted by molar-refractivity contribution is 9.10. The Morgan fingerprint density at radius 1 is 1.25 bits per heavy atom. The van der Waals surface area contributed by atoms with Crippen molar-refractivity contribution in [2.45, 2.75) is 19.9 Å². The van der Waals surface area contributed by atoms with Gasteiger partial charge in [-0.1, -0.05) is 46.6 Å².